The molecule has 9 heteroatoms. The van der Waals surface area contributed by atoms with Crippen LogP contribution in [0.4, 0.5) is 0 Å². The highest BCUT2D eigenvalue weighted by atomic mass is 32.2. The molecule has 0 aromatic heterocycles. The van der Waals surface area contributed by atoms with Gasteiger partial charge in [0.1, 0.15) is 0 Å². The molecular formula is C45H70N2O6S. The average Bonchev–Trinajstić information content (AvgIpc) is 3.49. The molecule has 8 nitrogen and oxygen atoms in total. The lowest BCUT2D eigenvalue weighted by Gasteiger charge is -2.72. The quantitative estimate of drug-likeness (QED) is 0.116. The van der Waals surface area contributed by atoms with Crippen molar-refractivity contribution in [2.75, 3.05) is 44.2 Å². The van der Waals surface area contributed by atoms with Gasteiger partial charge in [-0.1, -0.05) is 58.9 Å². The fourth-order valence-electron chi connectivity index (χ4n) is 15.1. The molecule has 1 heterocycles. The van der Waals surface area contributed by atoms with Crippen LogP contribution in [0.3, 0.4) is 0 Å². The van der Waals surface area contributed by atoms with E-state index in [-0.39, 0.29) is 34.5 Å². The van der Waals surface area contributed by atoms with E-state index in [2.05, 4.69) is 64.4 Å². The molecule has 6 aliphatic carbocycles. The van der Waals surface area contributed by atoms with Crippen LogP contribution < -0.4 is 5.32 Å². The van der Waals surface area contributed by atoms with Crippen LogP contribution in [0, 0.1) is 62.1 Å². The monoisotopic (exact) mass is 766 g/mol. The van der Waals surface area contributed by atoms with Crippen molar-refractivity contribution >= 4 is 21.8 Å². The Labute approximate surface area is 326 Å². The number of carboxylic acids is 2. The third-order valence-electron chi connectivity index (χ3n) is 18.2. The first kappa shape index (κ1) is 40.2. The minimum atomic E-state index is -2.84. The number of rotatable bonds is 10. The molecule has 4 saturated carbocycles. The Morgan fingerprint density at radius 2 is 1.57 bits per heavy atom. The number of sulfone groups is 1. The second-order valence-electron chi connectivity index (χ2n) is 20.7. The maximum absolute atomic E-state index is 12.1. The predicted octanol–water partition coefficient (Wildman–Crippen LogP) is 8.16. The van der Waals surface area contributed by atoms with Gasteiger partial charge in [-0.2, -0.15) is 0 Å². The van der Waals surface area contributed by atoms with Crippen LogP contribution in [0.2, 0.25) is 0 Å². The Hall–Kier alpha value is -1.97. The lowest BCUT2D eigenvalue weighted by atomic mass is 9.32. The van der Waals surface area contributed by atoms with Gasteiger partial charge in [0.15, 0.2) is 15.3 Å². The predicted molar refractivity (Wildman–Crippen MR) is 215 cm³/mol. The Morgan fingerprint density at radius 3 is 2.20 bits per heavy atom. The second kappa shape index (κ2) is 13.9. The molecule has 0 aromatic rings. The van der Waals surface area contributed by atoms with E-state index in [0.717, 1.165) is 32.5 Å². The Bertz CT molecular complexity index is 1690. The van der Waals surface area contributed by atoms with E-state index in [0.29, 0.717) is 66.0 Å². The van der Waals surface area contributed by atoms with Crippen molar-refractivity contribution < 1.29 is 28.2 Å². The van der Waals surface area contributed by atoms with Crippen LogP contribution >= 0.6 is 0 Å². The summed E-state index contributed by atoms with van der Waals surface area (Å²) in [6, 6.07) is 0. The molecule has 0 unspecified atom stereocenters. The fourth-order valence-corrected chi connectivity index (χ4v) is 16.3. The third-order valence-corrected chi connectivity index (χ3v) is 19.9. The first-order chi connectivity index (χ1) is 25.3. The summed E-state index contributed by atoms with van der Waals surface area (Å²) in [7, 11) is -2.84. The summed E-state index contributed by atoms with van der Waals surface area (Å²) in [6.07, 6.45) is 17.4. The standard InChI is InChI=1S/C45H70N2O6S/c1-30(2)32-13-18-44(29-46-23-8-24-47-25-27-54(52,53)28-26-47)22-21-42(6)34(37(32)44)9-10-36-41(5)16-14-33(40(3,4)35(41)15-17-43(36,42)7)31-11-19-45(20-12-31,38(48)49)39(50)51/h11,14,32,34-37,46H,1,8-10,12-13,15-29H2,2-7H3,(H,48,49)(H,50,51)/t32-,34+,35-,36+,37+,41-,42+,43+,44+/m0/s1. The molecule has 54 heavy (non-hydrogen) atoms. The lowest BCUT2D eigenvalue weighted by molar-refractivity contribution is -0.226. The Balaban J connectivity index is 1.09. The number of carbonyl (C=O) groups is 2. The van der Waals surface area contributed by atoms with Crippen molar-refractivity contribution in [3.8, 4) is 0 Å². The van der Waals surface area contributed by atoms with Crippen LogP contribution in [0.15, 0.2) is 35.5 Å². The lowest BCUT2D eigenvalue weighted by Crippen LogP contribution is -2.66. The minimum absolute atomic E-state index is 0.0546. The van der Waals surface area contributed by atoms with E-state index in [1.807, 2.05) is 6.08 Å². The molecule has 3 N–H and O–H groups in total. The molecule has 9 atom stereocenters. The van der Waals surface area contributed by atoms with E-state index in [1.54, 1.807) is 0 Å². The summed E-state index contributed by atoms with van der Waals surface area (Å²) >= 11 is 0. The fraction of sp³-hybridized carbons (Fsp3) is 0.822. The highest BCUT2D eigenvalue weighted by molar-refractivity contribution is 7.91. The van der Waals surface area contributed by atoms with Gasteiger partial charge in [-0.3, -0.25) is 9.59 Å². The zero-order valence-corrected chi connectivity index (χ0v) is 35.1. The van der Waals surface area contributed by atoms with E-state index in [1.165, 1.54) is 68.1 Å². The molecule has 7 rings (SSSR count). The number of hydrogen-bond donors (Lipinski definition) is 3. The first-order valence-electron chi connectivity index (χ1n) is 21.4. The Morgan fingerprint density at radius 1 is 0.870 bits per heavy atom. The largest absolute Gasteiger partial charge is 0.480 e. The van der Waals surface area contributed by atoms with Gasteiger partial charge in [0.25, 0.3) is 0 Å². The normalized spacial score (nSPS) is 42.3. The SMILES string of the molecule is C=C(C)[C@@H]1CC[C@]2(CNCCCN3CCS(=O)(=O)CC3)CC[C@]3(C)[C@H](CC[C@@H]4[C@@]5(C)CC=C(C6=CCC(C(=O)O)(C(=O)O)CC6)C(C)(C)[C@@H]5CC[C@]43C)[C@@H]12. The number of nitrogens with one attached hydrogen (secondary N) is 1. The molecule has 0 bridgehead atoms. The van der Waals surface area contributed by atoms with Crippen molar-refractivity contribution in [1.82, 2.24) is 10.2 Å². The van der Waals surface area contributed by atoms with Crippen LogP contribution in [0.1, 0.15) is 125 Å². The van der Waals surface area contributed by atoms with Crippen molar-refractivity contribution in [1.29, 1.82) is 0 Å². The average molecular weight is 767 g/mol. The number of allylic oxidation sites excluding steroid dienone is 5. The summed E-state index contributed by atoms with van der Waals surface area (Å²) in [5.74, 6) is 1.24. The van der Waals surface area contributed by atoms with Gasteiger partial charge in [-0.25, -0.2) is 8.42 Å². The van der Waals surface area contributed by atoms with Crippen LogP contribution in [-0.4, -0.2) is 79.7 Å². The van der Waals surface area contributed by atoms with Crippen LogP contribution in [-0.2, 0) is 19.4 Å². The van der Waals surface area contributed by atoms with E-state index >= 15 is 0 Å². The van der Waals surface area contributed by atoms with Gasteiger partial charge < -0.3 is 20.4 Å². The maximum atomic E-state index is 12.1. The molecule has 5 fully saturated rings. The number of aliphatic carboxylic acids is 2. The zero-order chi connectivity index (χ0) is 39.1. The highest BCUT2D eigenvalue weighted by Crippen LogP contribution is 2.77. The molecule has 7 aliphatic rings. The van der Waals surface area contributed by atoms with Crippen LogP contribution in [0.25, 0.3) is 0 Å². The van der Waals surface area contributed by atoms with Gasteiger partial charge in [0, 0.05) is 19.6 Å². The smallest absolute Gasteiger partial charge is 0.321 e. The zero-order valence-electron chi connectivity index (χ0n) is 34.3. The molecule has 0 radical (unpaired) electrons. The summed E-state index contributed by atoms with van der Waals surface area (Å²) in [5.41, 5.74) is 3.11. The summed E-state index contributed by atoms with van der Waals surface area (Å²) in [5, 5.41) is 23.7. The van der Waals surface area contributed by atoms with Gasteiger partial charge in [-0.15, -0.1) is 0 Å². The topological polar surface area (TPSA) is 124 Å². The molecule has 0 amide bonds. The van der Waals surface area contributed by atoms with Gasteiger partial charge in [0.05, 0.1) is 11.5 Å². The molecule has 1 aliphatic heterocycles. The second-order valence-corrected chi connectivity index (χ2v) is 23.0. The van der Waals surface area contributed by atoms with Crippen molar-refractivity contribution in [2.45, 2.75) is 125 Å². The number of nitrogens with zero attached hydrogens (tertiary/aromatic N) is 1. The van der Waals surface area contributed by atoms with Crippen molar-refractivity contribution in [3.05, 3.63) is 35.5 Å². The Kier molecular flexibility index (Phi) is 10.3. The molecular weight excluding hydrogens is 697 g/mol. The third kappa shape index (κ3) is 6.13. The number of hydrogen-bond acceptors (Lipinski definition) is 6. The summed E-state index contributed by atoms with van der Waals surface area (Å²) in [6.45, 7) is 24.1. The maximum Gasteiger partial charge on any atom is 0.321 e. The van der Waals surface area contributed by atoms with Gasteiger partial charge in [0.2, 0.25) is 0 Å². The van der Waals surface area contributed by atoms with E-state index < -0.39 is 27.2 Å². The molecule has 1 saturated heterocycles. The molecule has 0 aromatic carbocycles. The highest BCUT2D eigenvalue weighted by Gasteiger charge is 2.70. The summed E-state index contributed by atoms with van der Waals surface area (Å²) < 4.78 is 23.8. The summed E-state index contributed by atoms with van der Waals surface area (Å²) in [4.78, 5) is 26.5. The minimum Gasteiger partial charge on any atom is -0.480 e. The molecule has 0 spiro atoms. The van der Waals surface area contributed by atoms with Gasteiger partial charge >= 0.3 is 11.9 Å². The van der Waals surface area contributed by atoms with E-state index in [9.17, 15) is 28.2 Å². The molecule has 302 valence electrons. The van der Waals surface area contributed by atoms with Crippen LogP contribution in [0.5, 0.6) is 0 Å². The van der Waals surface area contributed by atoms with Crippen molar-refractivity contribution in [2.24, 2.45) is 62.1 Å². The number of carboxylic acid groups (broad SMARTS) is 2. The first-order valence-corrected chi connectivity index (χ1v) is 23.2. The number of fused-ring (bicyclic) bond motifs is 7. The van der Waals surface area contributed by atoms with Gasteiger partial charge in [-0.05, 0) is 171 Å². The van der Waals surface area contributed by atoms with Crippen molar-refractivity contribution in [3.63, 3.8) is 0 Å². The van der Waals surface area contributed by atoms with E-state index in [4.69, 9.17) is 0 Å².